The molecule has 226 valence electrons. The van der Waals surface area contributed by atoms with Gasteiger partial charge in [0.25, 0.3) is 10.0 Å². The molecule has 2 amide bonds. The van der Waals surface area contributed by atoms with Crippen molar-refractivity contribution >= 4 is 43.5 Å². The number of anilines is 1. The first-order chi connectivity index (χ1) is 20.0. The Kier molecular flexibility index (Phi) is 12.0. The van der Waals surface area contributed by atoms with Gasteiger partial charge >= 0.3 is 0 Å². The molecule has 1 N–H and O–H groups in total. The zero-order chi connectivity index (χ0) is 30.9. The average Bonchev–Trinajstić information content (AvgIpc) is 2.97. The normalized spacial score (nSPS) is 12.0. The fourth-order valence-electron chi connectivity index (χ4n) is 4.49. The minimum Gasteiger partial charge on any atom is -0.496 e. The predicted molar refractivity (Wildman–Crippen MR) is 170 cm³/mol. The van der Waals surface area contributed by atoms with Crippen molar-refractivity contribution in [1.82, 2.24) is 10.2 Å². The predicted octanol–water partition coefficient (Wildman–Crippen LogP) is 5.99. The lowest BCUT2D eigenvalue weighted by Crippen LogP contribution is -2.52. The van der Waals surface area contributed by atoms with Crippen molar-refractivity contribution < 1.29 is 22.7 Å². The van der Waals surface area contributed by atoms with Crippen LogP contribution >= 0.6 is 15.9 Å². The number of unbranched alkanes of at least 4 members (excludes halogenated alkanes) is 1. The summed E-state index contributed by atoms with van der Waals surface area (Å²) in [6.07, 6.45) is 2.12. The quantitative estimate of drug-likeness (QED) is 0.215. The summed E-state index contributed by atoms with van der Waals surface area (Å²) < 4.78 is 35.0. The van der Waals surface area contributed by atoms with Crippen molar-refractivity contribution in [1.29, 1.82) is 0 Å². The third kappa shape index (κ3) is 8.35. The molecule has 0 heterocycles. The average molecular weight is 659 g/mol. The number of nitrogens with one attached hydrogen (secondary N) is 1. The van der Waals surface area contributed by atoms with Gasteiger partial charge in [-0.25, -0.2) is 8.42 Å². The molecule has 0 saturated heterocycles. The fourth-order valence-corrected chi connectivity index (χ4v) is 6.62. The van der Waals surface area contributed by atoms with Crippen molar-refractivity contribution in [2.45, 2.75) is 64.4 Å². The van der Waals surface area contributed by atoms with E-state index in [1.165, 1.54) is 24.1 Å². The lowest BCUT2D eigenvalue weighted by molar-refractivity contribution is -0.140. The van der Waals surface area contributed by atoms with Crippen LogP contribution in [-0.4, -0.2) is 51.4 Å². The van der Waals surface area contributed by atoms with Gasteiger partial charge in [0.1, 0.15) is 18.3 Å². The van der Waals surface area contributed by atoms with Crippen molar-refractivity contribution in [3.05, 3.63) is 87.9 Å². The SMILES string of the molecule is CCCCNC(=O)[C@H](CC)N(Cc1ccc(C)cc1)C(=O)CN(c1ccc(C)cc1)S(=O)(=O)c1ccc(OC)c(Br)c1. The highest BCUT2D eigenvalue weighted by Gasteiger charge is 2.34. The Morgan fingerprint density at radius 2 is 1.57 bits per heavy atom. The van der Waals surface area contributed by atoms with Gasteiger partial charge in [0.15, 0.2) is 0 Å². The van der Waals surface area contributed by atoms with Crippen LogP contribution in [0.1, 0.15) is 49.8 Å². The van der Waals surface area contributed by atoms with E-state index in [0.717, 1.165) is 33.8 Å². The molecule has 0 unspecified atom stereocenters. The number of nitrogens with zero attached hydrogens (tertiary/aromatic N) is 2. The topological polar surface area (TPSA) is 96.0 Å². The molecule has 3 rings (SSSR count). The molecule has 0 fully saturated rings. The van der Waals surface area contributed by atoms with Crippen LogP contribution in [0.2, 0.25) is 0 Å². The molecular formula is C32H40BrN3O5S. The first-order valence-electron chi connectivity index (χ1n) is 14.1. The Balaban J connectivity index is 2.05. The number of benzene rings is 3. The molecular weight excluding hydrogens is 618 g/mol. The monoisotopic (exact) mass is 657 g/mol. The summed E-state index contributed by atoms with van der Waals surface area (Å²) in [6.45, 7) is 7.95. The second kappa shape index (κ2) is 15.2. The molecule has 10 heteroatoms. The summed E-state index contributed by atoms with van der Waals surface area (Å²) in [5.74, 6) is -0.254. The molecule has 0 saturated carbocycles. The van der Waals surface area contributed by atoms with Crippen LogP contribution < -0.4 is 14.4 Å². The molecule has 0 radical (unpaired) electrons. The summed E-state index contributed by atoms with van der Waals surface area (Å²) in [5.41, 5.74) is 3.21. The number of carbonyl (C=O) groups is 2. The second-order valence-electron chi connectivity index (χ2n) is 10.2. The van der Waals surface area contributed by atoms with E-state index in [1.54, 1.807) is 30.3 Å². The highest BCUT2D eigenvalue weighted by Crippen LogP contribution is 2.31. The standard InChI is InChI=1S/C32H40BrN3O5S/c1-6-8-19-34-32(38)29(7-2)35(21-25-13-9-23(3)10-14-25)31(37)22-36(26-15-11-24(4)12-16-26)42(39,40)27-17-18-30(41-5)28(33)20-27/h9-18,20,29H,6-8,19,21-22H2,1-5H3,(H,34,38)/t29-/m0/s1. The summed E-state index contributed by atoms with van der Waals surface area (Å²) in [6, 6.07) is 18.4. The van der Waals surface area contributed by atoms with Crippen LogP contribution in [0.25, 0.3) is 0 Å². The van der Waals surface area contributed by atoms with E-state index in [-0.39, 0.29) is 17.3 Å². The Morgan fingerprint density at radius 1 is 0.952 bits per heavy atom. The van der Waals surface area contributed by atoms with E-state index in [9.17, 15) is 18.0 Å². The molecule has 0 aliphatic carbocycles. The van der Waals surface area contributed by atoms with Crippen LogP contribution in [-0.2, 0) is 26.2 Å². The van der Waals surface area contributed by atoms with Crippen molar-refractivity contribution in [3.63, 3.8) is 0 Å². The molecule has 0 aromatic heterocycles. The van der Waals surface area contributed by atoms with E-state index in [4.69, 9.17) is 4.74 Å². The summed E-state index contributed by atoms with van der Waals surface area (Å²) in [5, 5.41) is 2.95. The number of methoxy groups -OCH3 is 1. The van der Waals surface area contributed by atoms with Gasteiger partial charge in [-0.2, -0.15) is 0 Å². The Morgan fingerprint density at radius 3 is 2.12 bits per heavy atom. The van der Waals surface area contributed by atoms with Crippen LogP contribution in [0, 0.1) is 13.8 Å². The number of carbonyl (C=O) groups excluding carboxylic acids is 2. The molecule has 0 bridgehead atoms. The second-order valence-corrected chi connectivity index (χ2v) is 12.9. The van der Waals surface area contributed by atoms with E-state index in [2.05, 4.69) is 21.2 Å². The van der Waals surface area contributed by atoms with Gasteiger partial charge in [-0.05, 0) is 78.5 Å². The molecule has 3 aromatic carbocycles. The number of halogens is 1. The van der Waals surface area contributed by atoms with Gasteiger partial charge in [0.2, 0.25) is 11.8 Å². The van der Waals surface area contributed by atoms with E-state index >= 15 is 0 Å². The zero-order valence-electron chi connectivity index (χ0n) is 24.9. The fraction of sp³-hybridized carbons (Fsp3) is 0.375. The maximum atomic E-state index is 14.2. The van der Waals surface area contributed by atoms with Crippen LogP contribution in [0.5, 0.6) is 5.75 Å². The highest BCUT2D eigenvalue weighted by atomic mass is 79.9. The number of hydrogen-bond donors (Lipinski definition) is 1. The van der Waals surface area contributed by atoms with Gasteiger partial charge in [-0.15, -0.1) is 0 Å². The van der Waals surface area contributed by atoms with E-state index < -0.39 is 28.5 Å². The molecule has 0 aliphatic heterocycles. The van der Waals surface area contributed by atoms with Crippen LogP contribution in [0.4, 0.5) is 5.69 Å². The van der Waals surface area contributed by atoms with Gasteiger partial charge in [-0.3, -0.25) is 13.9 Å². The molecule has 8 nitrogen and oxygen atoms in total. The third-order valence-electron chi connectivity index (χ3n) is 7.00. The number of sulfonamides is 1. The van der Waals surface area contributed by atoms with Crippen molar-refractivity contribution in [2.75, 3.05) is 24.5 Å². The lowest BCUT2D eigenvalue weighted by Gasteiger charge is -2.33. The third-order valence-corrected chi connectivity index (χ3v) is 9.39. The summed E-state index contributed by atoms with van der Waals surface area (Å²) >= 11 is 3.37. The first kappa shape index (κ1) is 33.1. The first-order valence-corrected chi connectivity index (χ1v) is 16.3. The number of amides is 2. The summed E-state index contributed by atoms with van der Waals surface area (Å²) in [4.78, 5) is 28.9. The minimum absolute atomic E-state index is 0.00187. The van der Waals surface area contributed by atoms with Crippen LogP contribution in [0.3, 0.4) is 0 Å². The van der Waals surface area contributed by atoms with Gasteiger partial charge < -0.3 is 15.0 Å². The largest absolute Gasteiger partial charge is 0.496 e. The van der Waals surface area contributed by atoms with Gasteiger partial charge in [-0.1, -0.05) is 67.8 Å². The molecule has 3 aromatic rings. The highest BCUT2D eigenvalue weighted by molar-refractivity contribution is 9.10. The maximum absolute atomic E-state index is 14.2. The maximum Gasteiger partial charge on any atom is 0.264 e. The molecule has 0 aliphatic rings. The van der Waals surface area contributed by atoms with Gasteiger partial charge in [0.05, 0.1) is 22.2 Å². The Bertz CT molecular complexity index is 1460. The number of hydrogen-bond acceptors (Lipinski definition) is 5. The van der Waals surface area contributed by atoms with Gasteiger partial charge in [0, 0.05) is 13.1 Å². The summed E-state index contributed by atoms with van der Waals surface area (Å²) in [7, 11) is -2.70. The lowest BCUT2D eigenvalue weighted by atomic mass is 10.1. The smallest absolute Gasteiger partial charge is 0.264 e. The molecule has 42 heavy (non-hydrogen) atoms. The Labute approximate surface area is 258 Å². The van der Waals surface area contributed by atoms with Crippen molar-refractivity contribution in [3.8, 4) is 5.75 Å². The van der Waals surface area contributed by atoms with Crippen LogP contribution in [0.15, 0.2) is 76.1 Å². The molecule has 1 atom stereocenters. The number of rotatable bonds is 14. The number of aryl methyl sites for hydroxylation is 2. The van der Waals surface area contributed by atoms with E-state index in [0.29, 0.717) is 28.9 Å². The minimum atomic E-state index is -4.19. The Hall–Kier alpha value is -3.37. The van der Waals surface area contributed by atoms with E-state index in [1.807, 2.05) is 52.0 Å². The van der Waals surface area contributed by atoms with Crippen molar-refractivity contribution in [2.24, 2.45) is 0 Å². The zero-order valence-corrected chi connectivity index (χ0v) is 27.3. The molecule has 0 spiro atoms. The number of ether oxygens (including phenoxy) is 1.